The van der Waals surface area contributed by atoms with E-state index in [1.54, 1.807) is 6.92 Å². The van der Waals surface area contributed by atoms with Gasteiger partial charge >= 0.3 is 19.8 Å². The van der Waals surface area contributed by atoms with Crippen molar-refractivity contribution < 1.29 is 37.6 Å². The molecule has 334 valence electrons. The third-order valence-electron chi connectivity index (χ3n) is 10.2. The van der Waals surface area contributed by atoms with Crippen LogP contribution in [0.25, 0.3) is 0 Å². The third kappa shape index (κ3) is 43.7. The largest absolute Gasteiger partial charge is 0.472 e. The number of carbonyl (C=O) groups is 2. The Hall–Kier alpha value is -1.73. The van der Waals surface area contributed by atoms with Crippen molar-refractivity contribution >= 4 is 19.8 Å². The first-order chi connectivity index (χ1) is 27.8. The first-order valence-corrected chi connectivity index (χ1v) is 25.3. The van der Waals surface area contributed by atoms with E-state index >= 15 is 0 Å². The summed E-state index contributed by atoms with van der Waals surface area (Å²) in [6, 6.07) is 0. The summed E-state index contributed by atoms with van der Waals surface area (Å²) in [7, 11) is -4.28. The van der Waals surface area contributed by atoms with Crippen LogP contribution in [0.4, 0.5) is 0 Å². The molecule has 0 bridgehead atoms. The summed E-state index contributed by atoms with van der Waals surface area (Å²) in [5.74, 6) is -0.802. The lowest BCUT2D eigenvalue weighted by molar-refractivity contribution is -0.161. The Balaban J connectivity index is 4.03. The number of hydrogen-bond acceptors (Lipinski definition) is 7. The number of hydrogen-bond donors (Lipinski definition) is 1. The summed E-state index contributed by atoms with van der Waals surface area (Å²) in [6.45, 7) is 5.47. The maximum Gasteiger partial charge on any atom is 0.472 e. The van der Waals surface area contributed by atoms with Gasteiger partial charge in [0.05, 0.1) is 13.2 Å². The number of allylic oxidation sites excluding steroid dienone is 6. The van der Waals surface area contributed by atoms with Gasteiger partial charge in [-0.3, -0.25) is 18.6 Å². The van der Waals surface area contributed by atoms with Gasteiger partial charge in [0, 0.05) is 12.8 Å². The van der Waals surface area contributed by atoms with Crippen LogP contribution in [0.3, 0.4) is 0 Å². The molecule has 2 unspecified atom stereocenters. The molecular formula is C48H89O8P. The normalized spacial score (nSPS) is 13.5. The standard InChI is InChI=1S/C48H89O8P/c1-4-7-9-11-13-15-17-19-21-23-25-27-28-30-32-34-36-38-40-42-47(49)53-44-46(45-55-57(51,52)54-6-3)56-48(50)43-41-39-37-35-33-31-29-26-24-22-20-18-16-14-12-10-8-5-2/h16,18-19,21-22,24,46H,4-15,17,20,23,25-45H2,1-3H3,(H,51,52)/b18-16-,21-19-,24-22-. The van der Waals surface area contributed by atoms with Crippen molar-refractivity contribution in [2.45, 2.75) is 239 Å². The molecule has 0 saturated carbocycles. The van der Waals surface area contributed by atoms with E-state index in [0.717, 1.165) is 51.4 Å². The van der Waals surface area contributed by atoms with Gasteiger partial charge in [0.25, 0.3) is 0 Å². The predicted octanol–water partition coefficient (Wildman–Crippen LogP) is 15.2. The van der Waals surface area contributed by atoms with Crippen molar-refractivity contribution in [3.63, 3.8) is 0 Å². The number of esters is 2. The van der Waals surface area contributed by atoms with Gasteiger partial charge in [0.1, 0.15) is 6.61 Å². The molecule has 0 aliphatic heterocycles. The van der Waals surface area contributed by atoms with Gasteiger partial charge in [0.15, 0.2) is 6.10 Å². The van der Waals surface area contributed by atoms with Crippen LogP contribution in [0.5, 0.6) is 0 Å². The lowest BCUT2D eigenvalue weighted by atomic mass is 10.1. The molecule has 1 N–H and O–H groups in total. The van der Waals surface area contributed by atoms with Gasteiger partial charge in [-0.05, 0) is 77.6 Å². The number of phosphoric acid groups is 1. The Bertz CT molecular complexity index is 1030. The molecule has 0 saturated heterocycles. The van der Waals surface area contributed by atoms with E-state index in [0.29, 0.717) is 12.8 Å². The molecule has 0 aromatic heterocycles. The Morgan fingerprint density at radius 3 is 1.28 bits per heavy atom. The summed E-state index contributed by atoms with van der Waals surface area (Å²) in [5, 5.41) is 0. The van der Waals surface area contributed by atoms with E-state index in [9.17, 15) is 19.0 Å². The monoisotopic (exact) mass is 825 g/mol. The number of rotatable bonds is 44. The summed E-state index contributed by atoms with van der Waals surface area (Å²) in [5.41, 5.74) is 0. The maximum atomic E-state index is 12.6. The highest BCUT2D eigenvalue weighted by atomic mass is 31.2. The van der Waals surface area contributed by atoms with E-state index in [2.05, 4.69) is 50.3 Å². The minimum absolute atomic E-state index is 0.00129. The van der Waals surface area contributed by atoms with Crippen LogP contribution in [0.1, 0.15) is 233 Å². The molecular weight excluding hydrogens is 735 g/mol. The van der Waals surface area contributed by atoms with Gasteiger partial charge in [0.2, 0.25) is 0 Å². The summed E-state index contributed by atoms with van der Waals surface area (Å²) < 4.78 is 32.7. The zero-order valence-corrected chi connectivity index (χ0v) is 38.1. The molecule has 0 rings (SSSR count). The highest BCUT2D eigenvalue weighted by Crippen LogP contribution is 2.43. The Kier molecular flexibility index (Phi) is 42.5. The van der Waals surface area contributed by atoms with Crippen LogP contribution in [0, 0.1) is 0 Å². The molecule has 2 atom stereocenters. The second-order valence-corrected chi connectivity index (χ2v) is 17.2. The molecule has 8 nitrogen and oxygen atoms in total. The molecule has 9 heteroatoms. The maximum absolute atomic E-state index is 12.6. The summed E-state index contributed by atoms with van der Waals surface area (Å²) in [6.07, 6.45) is 50.5. The fourth-order valence-corrected chi connectivity index (χ4v) is 7.41. The van der Waals surface area contributed by atoms with Crippen LogP contribution in [0.15, 0.2) is 36.5 Å². The first-order valence-electron chi connectivity index (χ1n) is 23.8. The molecule has 0 spiro atoms. The molecule has 0 amide bonds. The molecule has 0 fully saturated rings. The molecule has 0 aliphatic rings. The van der Waals surface area contributed by atoms with Crippen molar-refractivity contribution in [3.8, 4) is 0 Å². The van der Waals surface area contributed by atoms with Gasteiger partial charge in [-0.25, -0.2) is 4.57 Å². The van der Waals surface area contributed by atoms with Gasteiger partial charge in [-0.1, -0.05) is 179 Å². The van der Waals surface area contributed by atoms with E-state index in [1.165, 1.54) is 141 Å². The Morgan fingerprint density at radius 2 is 0.842 bits per heavy atom. The Morgan fingerprint density at radius 1 is 0.474 bits per heavy atom. The Labute approximate surface area is 351 Å². The molecule has 0 heterocycles. The van der Waals surface area contributed by atoms with E-state index in [1.807, 2.05) is 0 Å². The van der Waals surface area contributed by atoms with Crippen molar-refractivity contribution in [3.05, 3.63) is 36.5 Å². The molecule has 0 aliphatic carbocycles. The van der Waals surface area contributed by atoms with E-state index in [4.69, 9.17) is 18.5 Å². The quantitative estimate of drug-likeness (QED) is 0.0280. The zero-order chi connectivity index (χ0) is 41.8. The van der Waals surface area contributed by atoms with Crippen molar-refractivity contribution in [2.24, 2.45) is 0 Å². The van der Waals surface area contributed by atoms with Crippen LogP contribution in [-0.4, -0.2) is 42.8 Å². The number of ether oxygens (including phenoxy) is 2. The second kappa shape index (κ2) is 43.8. The average molecular weight is 825 g/mol. The molecule has 0 aromatic rings. The number of unbranched alkanes of at least 4 members (excludes halogenated alkanes) is 26. The number of phosphoric ester groups is 1. The van der Waals surface area contributed by atoms with Crippen molar-refractivity contribution in [1.29, 1.82) is 0 Å². The minimum Gasteiger partial charge on any atom is -0.462 e. The number of carbonyl (C=O) groups excluding carboxylic acids is 2. The molecule has 57 heavy (non-hydrogen) atoms. The smallest absolute Gasteiger partial charge is 0.462 e. The fourth-order valence-electron chi connectivity index (χ4n) is 6.66. The predicted molar refractivity (Wildman–Crippen MR) is 239 cm³/mol. The van der Waals surface area contributed by atoms with Gasteiger partial charge in [-0.15, -0.1) is 0 Å². The van der Waals surface area contributed by atoms with E-state index in [-0.39, 0.29) is 25.6 Å². The minimum atomic E-state index is -4.28. The van der Waals surface area contributed by atoms with Gasteiger partial charge in [-0.2, -0.15) is 0 Å². The first kappa shape index (κ1) is 55.3. The summed E-state index contributed by atoms with van der Waals surface area (Å²) >= 11 is 0. The van der Waals surface area contributed by atoms with Crippen LogP contribution in [0.2, 0.25) is 0 Å². The zero-order valence-electron chi connectivity index (χ0n) is 37.2. The highest BCUT2D eigenvalue weighted by Gasteiger charge is 2.25. The second-order valence-electron chi connectivity index (χ2n) is 15.8. The summed E-state index contributed by atoms with van der Waals surface area (Å²) in [4.78, 5) is 34.8. The lowest BCUT2D eigenvalue weighted by Crippen LogP contribution is -2.29. The molecule has 0 radical (unpaired) electrons. The third-order valence-corrected chi connectivity index (χ3v) is 11.2. The van der Waals surface area contributed by atoms with Crippen molar-refractivity contribution in [2.75, 3.05) is 19.8 Å². The van der Waals surface area contributed by atoms with Crippen LogP contribution < -0.4 is 0 Å². The van der Waals surface area contributed by atoms with Crippen LogP contribution >= 0.6 is 7.82 Å². The van der Waals surface area contributed by atoms with Crippen LogP contribution in [-0.2, 0) is 32.7 Å². The van der Waals surface area contributed by atoms with E-state index < -0.39 is 26.5 Å². The average Bonchev–Trinajstić information content (AvgIpc) is 3.19. The molecule has 0 aromatic carbocycles. The van der Waals surface area contributed by atoms with Crippen molar-refractivity contribution in [1.82, 2.24) is 0 Å². The SMILES string of the molecule is CCCCCC/C=C\C/C=C\CCCCCCCCCC(=O)OC(COC(=O)CCCCCCCCCCC/C=C\CCCCCCCC)COP(=O)(O)OCC. The highest BCUT2D eigenvalue weighted by molar-refractivity contribution is 7.47. The fraction of sp³-hybridized carbons (Fsp3) is 0.833. The van der Waals surface area contributed by atoms with Gasteiger partial charge < -0.3 is 14.4 Å². The lowest BCUT2D eigenvalue weighted by Gasteiger charge is -2.19. The topological polar surface area (TPSA) is 108 Å².